The van der Waals surface area contributed by atoms with E-state index in [-0.39, 0.29) is 0 Å². The highest BCUT2D eigenvalue weighted by atomic mass is 16.5. The topological polar surface area (TPSA) is 47.7 Å². The predicted octanol–water partition coefficient (Wildman–Crippen LogP) is 2.43. The minimum atomic E-state index is 0.310. The Bertz CT molecular complexity index is 448. The summed E-state index contributed by atoms with van der Waals surface area (Å²) in [4.78, 5) is 2.51. The van der Waals surface area contributed by atoms with Gasteiger partial charge in [0.2, 0.25) is 0 Å². The predicted molar refractivity (Wildman–Crippen MR) is 81.3 cm³/mol. The van der Waals surface area contributed by atoms with E-state index in [4.69, 9.17) is 15.2 Å². The Kier molecular flexibility index (Phi) is 4.89. The molecule has 1 aliphatic heterocycles. The Hall–Kier alpha value is -1.26. The molecule has 0 spiro atoms. The average molecular weight is 278 g/mol. The quantitative estimate of drug-likeness (QED) is 0.898. The third-order valence-electron chi connectivity index (χ3n) is 4.28. The lowest BCUT2D eigenvalue weighted by atomic mass is 9.92. The molecule has 112 valence electrons. The fraction of sp³-hybridized carbons (Fsp3) is 0.625. The van der Waals surface area contributed by atoms with Gasteiger partial charge in [-0.15, -0.1) is 0 Å². The first-order valence-corrected chi connectivity index (χ1v) is 7.30. The van der Waals surface area contributed by atoms with Crippen molar-refractivity contribution in [3.05, 3.63) is 23.8 Å². The van der Waals surface area contributed by atoms with Crippen LogP contribution in [0.4, 0.5) is 0 Å². The van der Waals surface area contributed by atoms with E-state index in [1.165, 1.54) is 5.56 Å². The van der Waals surface area contributed by atoms with Crippen LogP contribution >= 0.6 is 0 Å². The third-order valence-corrected chi connectivity index (χ3v) is 4.28. The van der Waals surface area contributed by atoms with Gasteiger partial charge >= 0.3 is 0 Å². The second-order valence-corrected chi connectivity index (χ2v) is 5.64. The molecule has 1 saturated heterocycles. The van der Waals surface area contributed by atoms with Gasteiger partial charge in [0.25, 0.3) is 0 Å². The number of benzene rings is 1. The number of ether oxygens (including phenoxy) is 2. The second-order valence-electron chi connectivity index (χ2n) is 5.64. The van der Waals surface area contributed by atoms with Crippen molar-refractivity contribution < 1.29 is 9.47 Å². The zero-order chi connectivity index (χ0) is 14.7. The standard InChI is InChI=1S/C16H26N2O2/c1-11(2)18-9-8-12(10-17)15(18)13-6-5-7-14(19-3)16(13)20-4/h5-7,11-12,15H,8-10,17H2,1-4H3. The molecule has 0 amide bonds. The lowest BCUT2D eigenvalue weighted by Gasteiger charge is -2.32. The van der Waals surface area contributed by atoms with E-state index in [9.17, 15) is 0 Å². The average Bonchev–Trinajstić information content (AvgIpc) is 2.90. The summed E-state index contributed by atoms with van der Waals surface area (Å²) in [6.07, 6.45) is 1.14. The molecule has 0 aromatic heterocycles. The van der Waals surface area contributed by atoms with Crippen molar-refractivity contribution in [2.24, 2.45) is 11.7 Å². The van der Waals surface area contributed by atoms with Crippen molar-refractivity contribution in [3.8, 4) is 11.5 Å². The van der Waals surface area contributed by atoms with Crippen LogP contribution in [0, 0.1) is 5.92 Å². The van der Waals surface area contributed by atoms with Crippen LogP contribution in [0.5, 0.6) is 11.5 Å². The maximum atomic E-state index is 5.99. The highest BCUT2D eigenvalue weighted by molar-refractivity contribution is 5.48. The first-order valence-electron chi connectivity index (χ1n) is 7.30. The van der Waals surface area contributed by atoms with E-state index in [0.29, 0.717) is 24.5 Å². The summed E-state index contributed by atoms with van der Waals surface area (Å²) in [5.41, 5.74) is 7.18. The SMILES string of the molecule is COc1cccc(C2C(CN)CCN2C(C)C)c1OC. The maximum Gasteiger partial charge on any atom is 0.165 e. The van der Waals surface area contributed by atoms with Gasteiger partial charge in [-0.2, -0.15) is 0 Å². The molecule has 2 rings (SSSR count). The Labute approximate surface area is 121 Å². The summed E-state index contributed by atoms with van der Waals surface area (Å²) in [5, 5.41) is 0. The first kappa shape index (κ1) is 15.1. The van der Waals surface area contributed by atoms with Gasteiger partial charge in [0.1, 0.15) is 0 Å². The molecule has 2 atom stereocenters. The van der Waals surface area contributed by atoms with Crippen molar-refractivity contribution in [1.82, 2.24) is 4.90 Å². The number of likely N-dealkylation sites (tertiary alicyclic amines) is 1. The van der Waals surface area contributed by atoms with Gasteiger partial charge in [0, 0.05) is 17.6 Å². The molecule has 2 N–H and O–H groups in total. The van der Waals surface area contributed by atoms with Gasteiger partial charge in [-0.1, -0.05) is 12.1 Å². The van der Waals surface area contributed by atoms with Gasteiger partial charge in [0.15, 0.2) is 11.5 Å². The second kappa shape index (κ2) is 6.46. The zero-order valence-corrected chi connectivity index (χ0v) is 12.9. The maximum absolute atomic E-state index is 5.99. The first-order chi connectivity index (χ1) is 9.63. The van der Waals surface area contributed by atoms with E-state index in [1.807, 2.05) is 12.1 Å². The molecule has 1 aromatic carbocycles. The Balaban J connectivity index is 2.46. The summed E-state index contributed by atoms with van der Waals surface area (Å²) >= 11 is 0. The molecule has 4 heteroatoms. The molecule has 1 aliphatic rings. The van der Waals surface area contributed by atoms with Crippen LogP contribution in [0.15, 0.2) is 18.2 Å². The number of nitrogens with two attached hydrogens (primary N) is 1. The molecule has 2 unspecified atom stereocenters. The number of hydrogen-bond acceptors (Lipinski definition) is 4. The smallest absolute Gasteiger partial charge is 0.165 e. The molecule has 4 nitrogen and oxygen atoms in total. The van der Waals surface area contributed by atoms with Crippen LogP contribution in [0.25, 0.3) is 0 Å². The van der Waals surface area contributed by atoms with Gasteiger partial charge in [-0.3, -0.25) is 4.90 Å². The molecule has 1 fully saturated rings. The molecular weight excluding hydrogens is 252 g/mol. The van der Waals surface area contributed by atoms with Crippen molar-refractivity contribution >= 4 is 0 Å². The normalized spacial score (nSPS) is 23.3. The molecule has 0 bridgehead atoms. The molecule has 0 radical (unpaired) electrons. The van der Waals surface area contributed by atoms with E-state index in [0.717, 1.165) is 24.5 Å². The summed E-state index contributed by atoms with van der Waals surface area (Å²) in [5.74, 6) is 2.10. The van der Waals surface area contributed by atoms with Crippen LogP contribution in [0.2, 0.25) is 0 Å². The highest BCUT2D eigenvalue weighted by Crippen LogP contribution is 2.44. The Morgan fingerprint density at radius 3 is 2.60 bits per heavy atom. The minimum absolute atomic E-state index is 0.310. The molecule has 1 aromatic rings. The monoisotopic (exact) mass is 278 g/mol. The van der Waals surface area contributed by atoms with E-state index >= 15 is 0 Å². The summed E-state index contributed by atoms with van der Waals surface area (Å²) in [7, 11) is 3.38. The summed E-state index contributed by atoms with van der Waals surface area (Å²) in [6.45, 7) is 6.26. The fourth-order valence-corrected chi connectivity index (χ4v) is 3.29. The fourth-order valence-electron chi connectivity index (χ4n) is 3.29. The van der Waals surface area contributed by atoms with Crippen molar-refractivity contribution in [3.63, 3.8) is 0 Å². The highest BCUT2D eigenvalue weighted by Gasteiger charge is 2.37. The van der Waals surface area contributed by atoms with E-state index in [2.05, 4.69) is 24.8 Å². The van der Waals surface area contributed by atoms with Crippen LogP contribution in [0.1, 0.15) is 31.9 Å². The molecular formula is C16H26N2O2. The van der Waals surface area contributed by atoms with Crippen LogP contribution in [-0.2, 0) is 0 Å². The summed E-state index contributed by atoms with van der Waals surface area (Å²) < 4.78 is 11.0. The Morgan fingerprint density at radius 2 is 2.05 bits per heavy atom. The van der Waals surface area contributed by atoms with Gasteiger partial charge < -0.3 is 15.2 Å². The van der Waals surface area contributed by atoms with E-state index in [1.54, 1.807) is 14.2 Å². The number of hydrogen-bond donors (Lipinski definition) is 1. The number of nitrogens with zero attached hydrogens (tertiary/aromatic N) is 1. The lowest BCUT2D eigenvalue weighted by molar-refractivity contribution is 0.180. The van der Waals surface area contributed by atoms with Gasteiger partial charge in [-0.05, 0) is 45.3 Å². The van der Waals surface area contributed by atoms with Crippen LogP contribution in [0.3, 0.4) is 0 Å². The van der Waals surface area contributed by atoms with Crippen molar-refractivity contribution in [2.45, 2.75) is 32.4 Å². The molecule has 0 saturated carbocycles. The van der Waals surface area contributed by atoms with Gasteiger partial charge in [0.05, 0.1) is 14.2 Å². The van der Waals surface area contributed by atoms with Crippen LogP contribution < -0.4 is 15.2 Å². The van der Waals surface area contributed by atoms with Crippen LogP contribution in [-0.4, -0.2) is 38.3 Å². The third kappa shape index (κ3) is 2.63. The minimum Gasteiger partial charge on any atom is -0.493 e. The lowest BCUT2D eigenvalue weighted by Crippen LogP contribution is -2.33. The van der Waals surface area contributed by atoms with E-state index < -0.39 is 0 Å². The number of rotatable bonds is 5. The Morgan fingerprint density at radius 1 is 1.30 bits per heavy atom. The van der Waals surface area contributed by atoms with Gasteiger partial charge in [-0.25, -0.2) is 0 Å². The van der Waals surface area contributed by atoms with Crippen molar-refractivity contribution in [1.29, 1.82) is 0 Å². The molecule has 1 heterocycles. The number of para-hydroxylation sites is 1. The largest absolute Gasteiger partial charge is 0.493 e. The molecule has 0 aliphatic carbocycles. The number of methoxy groups -OCH3 is 2. The summed E-state index contributed by atoms with van der Waals surface area (Å²) in [6, 6.07) is 6.91. The van der Waals surface area contributed by atoms with Crippen molar-refractivity contribution in [2.75, 3.05) is 27.3 Å². The zero-order valence-electron chi connectivity index (χ0n) is 12.9. The molecule has 20 heavy (non-hydrogen) atoms.